The van der Waals surface area contributed by atoms with Crippen molar-refractivity contribution in [1.82, 2.24) is 15.0 Å². The van der Waals surface area contributed by atoms with E-state index in [2.05, 4.69) is 10.3 Å². The highest BCUT2D eigenvalue weighted by Gasteiger charge is 2.12. The van der Waals surface area contributed by atoms with Crippen LogP contribution in [0.25, 0.3) is 0 Å². The zero-order chi connectivity index (χ0) is 13.2. The van der Waals surface area contributed by atoms with Crippen molar-refractivity contribution in [3.8, 4) is 0 Å². The van der Waals surface area contributed by atoms with Crippen molar-refractivity contribution in [2.75, 3.05) is 6.26 Å². The summed E-state index contributed by atoms with van der Waals surface area (Å²) in [5, 5.41) is 7.86. The zero-order valence-corrected chi connectivity index (χ0v) is 11.1. The molecule has 1 heterocycles. The van der Waals surface area contributed by atoms with Crippen molar-refractivity contribution < 1.29 is 8.42 Å². The van der Waals surface area contributed by atoms with Crippen molar-refractivity contribution in [3.63, 3.8) is 0 Å². The maximum absolute atomic E-state index is 11.2. The highest BCUT2D eigenvalue weighted by molar-refractivity contribution is 7.89. The molecule has 0 aliphatic rings. The van der Waals surface area contributed by atoms with Gasteiger partial charge in [0.2, 0.25) is 0 Å². The van der Waals surface area contributed by atoms with Crippen molar-refractivity contribution in [3.05, 3.63) is 47.8 Å². The lowest BCUT2D eigenvalue weighted by atomic mass is 10.1. The number of sulfone groups is 1. The molecule has 0 radical (unpaired) electrons. The first-order valence-electron chi connectivity index (χ1n) is 5.59. The van der Waals surface area contributed by atoms with E-state index in [1.54, 1.807) is 10.9 Å². The Kier molecular flexibility index (Phi) is 3.47. The van der Waals surface area contributed by atoms with Crippen LogP contribution in [0.3, 0.4) is 0 Å². The second-order valence-electron chi connectivity index (χ2n) is 4.35. The van der Waals surface area contributed by atoms with E-state index in [1.807, 2.05) is 37.3 Å². The second-order valence-corrected chi connectivity index (χ2v) is 6.49. The lowest BCUT2D eigenvalue weighted by molar-refractivity contribution is 0.543. The lowest BCUT2D eigenvalue weighted by Gasteiger charge is -2.10. The Labute approximate surface area is 106 Å². The summed E-state index contributed by atoms with van der Waals surface area (Å²) in [5.41, 5.74) is 1.58. The van der Waals surface area contributed by atoms with Crippen LogP contribution in [0.2, 0.25) is 0 Å². The first-order chi connectivity index (χ1) is 8.46. The van der Waals surface area contributed by atoms with Crippen molar-refractivity contribution >= 4 is 9.84 Å². The molecule has 18 heavy (non-hydrogen) atoms. The average Bonchev–Trinajstić information content (AvgIpc) is 2.75. The molecule has 0 spiro atoms. The fourth-order valence-corrected chi connectivity index (χ4v) is 2.39. The number of hydrogen-bond acceptors (Lipinski definition) is 4. The van der Waals surface area contributed by atoms with E-state index >= 15 is 0 Å². The van der Waals surface area contributed by atoms with E-state index < -0.39 is 9.84 Å². The van der Waals surface area contributed by atoms with Crippen LogP contribution in [0.4, 0.5) is 0 Å². The van der Waals surface area contributed by atoms with Gasteiger partial charge in [-0.05, 0) is 12.5 Å². The van der Waals surface area contributed by atoms with E-state index in [4.69, 9.17) is 0 Å². The molecule has 1 aromatic carbocycles. The van der Waals surface area contributed by atoms with Crippen LogP contribution in [-0.4, -0.2) is 29.7 Å². The molecular formula is C12H15N3O2S. The fraction of sp³-hybridized carbons (Fsp3) is 0.333. The Morgan fingerprint density at radius 3 is 2.56 bits per heavy atom. The van der Waals surface area contributed by atoms with Gasteiger partial charge in [0.15, 0.2) is 9.84 Å². The summed E-state index contributed by atoms with van der Waals surface area (Å²) < 4.78 is 24.0. The van der Waals surface area contributed by atoms with Gasteiger partial charge in [-0.25, -0.2) is 13.1 Å². The van der Waals surface area contributed by atoms with Gasteiger partial charge in [0.1, 0.15) is 0 Å². The van der Waals surface area contributed by atoms with Crippen LogP contribution in [0.1, 0.15) is 24.2 Å². The van der Waals surface area contributed by atoms with Crippen LogP contribution in [0, 0.1) is 0 Å². The van der Waals surface area contributed by atoms with Gasteiger partial charge < -0.3 is 0 Å². The van der Waals surface area contributed by atoms with E-state index in [-0.39, 0.29) is 11.8 Å². The molecule has 96 valence electrons. The molecule has 0 fully saturated rings. The Morgan fingerprint density at radius 1 is 1.28 bits per heavy atom. The molecule has 5 nitrogen and oxygen atoms in total. The molecule has 0 bridgehead atoms. The van der Waals surface area contributed by atoms with E-state index in [1.165, 1.54) is 6.26 Å². The fourth-order valence-electron chi connectivity index (χ4n) is 1.72. The molecule has 0 N–H and O–H groups in total. The molecule has 1 unspecified atom stereocenters. The highest BCUT2D eigenvalue weighted by atomic mass is 32.2. The summed E-state index contributed by atoms with van der Waals surface area (Å²) in [4.78, 5) is 0. The van der Waals surface area contributed by atoms with Gasteiger partial charge in [0.25, 0.3) is 0 Å². The van der Waals surface area contributed by atoms with Crippen LogP contribution in [0.5, 0.6) is 0 Å². The third-order valence-corrected chi connectivity index (χ3v) is 3.47. The van der Waals surface area contributed by atoms with Gasteiger partial charge in [0.05, 0.1) is 23.7 Å². The van der Waals surface area contributed by atoms with Crippen molar-refractivity contribution in [2.45, 2.75) is 18.7 Å². The summed E-state index contributed by atoms with van der Waals surface area (Å²) in [6.45, 7) is 1.99. The maximum atomic E-state index is 11.2. The zero-order valence-electron chi connectivity index (χ0n) is 10.3. The Bertz CT molecular complexity index is 620. The number of aromatic nitrogens is 3. The summed E-state index contributed by atoms with van der Waals surface area (Å²) in [6, 6.07) is 9.91. The van der Waals surface area contributed by atoms with Crippen LogP contribution >= 0.6 is 0 Å². The van der Waals surface area contributed by atoms with Gasteiger partial charge in [-0.1, -0.05) is 35.5 Å². The Morgan fingerprint density at radius 2 is 1.94 bits per heavy atom. The van der Waals surface area contributed by atoms with E-state index in [0.717, 1.165) is 5.56 Å². The van der Waals surface area contributed by atoms with Gasteiger partial charge in [-0.3, -0.25) is 0 Å². The molecule has 1 aromatic heterocycles. The molecule has 0 saturated heterocycles. The summed E-state index contributed by atoms with van der Waals surface area (Å²) >= 11 is 0. The van der Waals surface area contributed by atoms with Crippen molar-refractivity contribution in [2.24, 2.45) is 0 Å². The monoisotopic (exact) mass is 265 g/mol. The quantitative estimate of drug-likeness (QED) is 0.839. The minimum absolute atomic E-state index is 0.0343. The molecular weight excluding hydrogens is 250 g/mol. The van der Waals surface area contributed by atoms with E-state index in [9.17, 15) is 8.42 Å². The second kappa shape index (κ2) is 4.89. The summed E-state index contributed by atoms with van der Waals surface area (Å²) in [7, 11) is -3.07. The van der Waals surface area contributed by atoms with Crippen LogP contribution < -0.4 is 0 Å². The largest absolute Gasteiger partial charge is 0.245 e. The first kappa shape index (κ1) is 12.8. The minimum Gasteiger partial charge on any atom is -0.245 e. The standard InChI is InChI=1S/C12H15N3O2S/c1-10(11-6-4-3-5-7-11)15-8-12(13-14-15)9-18(2,16)17/h3-8,10H,9H2,1-2H3. The SMILES string of the molecule is CC(c1ccccc1)n1cc(CS(C)(=O)=O)nn1. The first-order valence-corrected chi connectivity index (χ1v) is 7.65. The molecule has 0 saturated carbocycles. The number of hydrogen-bond donors (Lipinski definition) is 0. The predicted molar refractivity (Wildman–Crippen MR) is 68.8 cm³/mol. The third kappa shape index (κ3) is 3.16. The van der Waals surface area contributed by atoms with Gasteiger partial charge in [-0.2, -0.15) is 0 Å². The summed E-state index contributed by atoms with van der Waals surface area (Å²) in [6.07, 6.45) is 2.87. The third-order valence-electron chi connectivity index (χ3n) is 2.65. The van der Waals surface area contributed by atoms with Gasteiger partial charge >= 0.3 is 0 Å². The minimum atomic E-state index is -3.07. The van der Waals surface area contributed by atoms with Crippen LogP contribution in [0.15, 0.2) is 36.5 Å². The normalized spacial score (nSPS) is 13.4. The molecule has 2 rings (SSSR count). The predicted octanol–water partition coefficient (Wildman–Crippen LogP) is 1.43. The number of nitrogens with zero attached hydrogens (tertiary/aromatic N) is 3. The van der Waals surface area contributed by atoms with Crippen molar-refractivity contribution in [1.29, 1.82) is 0 Å². The molecule has 0 amide bonds. The number of benzene rings is 1. The number of rotatable bonds is 4. The molecule has 1 atom stereocenters. The van der Waals surface area contributed by atoms with Gasteiger partial charge in [-0.15, -0.1) is 5.10 Å². The average molecular weight is 265 g/mol. The Hall–Kier alpha value is -1.69. The summed E-state index contributed by atoms with van der Waals surface area (Å²) in [5.74, 6) is -0.0749. The highest BCUT2D eigenvalue weighted by Crippen LogP contribution is 2.16. The van der Waals surface area contributed by atoms with Gasteiger partial charge in [0, 0.05) is 6.26 Å². The lowest BCUT2D eigenvalue weighted by Crippen LogP contribution is -2.07. The van der Waals surface area contributed by atoms with E-state index in [0.29, 0.717) is 5.69 Å². The topological polar surface area (TPSA) is 64.8 Å². The molecule has 0 aliphatic heterocycles. The molecule has 0 aliphatic carbocycles. The molecule has 2 aromatic rings. The van der Waals surface area contributed by atoms with Crippen LogP contribution in [-0.2, 0) is 15.6 Å². The molecule has 6 heteroatoms. The maximum Gasteiger partial charge on any atom is 0.153 e. The smallest absolute Gasteiger partial charge is 0.153 e. The Balaban J connectivity index is 2.20.